The first kappa shape index (κ1) is 15.0. The maximum absolute atomic E-state index is 4.36. The van der Waals surface area contributed by atoms with Gasteiger partial charge in [-0.15, -0.1) is 0 Å². The van der Waals surface area contributed by atoms with Gasteiger partial charge in [0.25, 0.3) is 0 Å². The van der Waals surface area contributed by atoms with Crippen LogP contribution in [-0.4, -0.2) is 12.3 Å². The fraction of sp³-hybridized carbons (Fsp3) is 0.688. The number of nitrogens with zero attached hydrogens (tertiary/aromatic N) is 1. The first-order valence-electron chi connectivity index (χ1n) is 7.06. The van der Waals surface area contributed by atoms with Gasteiger partial charge in [0.15, 0.2) is 0 Å². The van der Waals surface area contributed by atoms with Crippen molar-refractivity contribution in [2.24, 2.45) is 22.7 Å². The molecule has 4 atom stereocenters. The molecule has 0 aromatic rings. The van der Waals surface area contributed by atoms with Gasteiger partial charge in [0.2, 0.25) is 0 Å². The highest BCUT2D eigenvalue weighted by molar-refractivity contribution is 5.56. The van der Waals surface area contributed by atoms with Crippen LogP contribution in [0.2, 0.25) is 0 Å². The Morgan fingerprint density at radius 2 is 1.83 bits per heavy atom. The van der Waals surface area contributed by atoms with Crippen LogP contribution < -0.4 is 5.32 Å². The van der Waals surface area contributed by atoms with Crippen molar-refractivity contribution in [3.05, 3.63) is 23.5 Å². The smallest absolute Gasteiger partial charge is 0.0626 e. The van der Waals surface area contributed by atoms with Crippen LogP contribution in [0.3, 0.4) is 0 Å². The molecule has 0 saturated heterocycles. The summed E-state index contributed by atoms with van der Waals surface area (Å²) in [5, 5.41) is 3.55. The van der Waals surface area contributed by atoms with Crippen LogP contribution in [0.1, 0.15) is 48.0 Å². The Balaban J connectivity index is 2.58. The van der Waals surface area contributed by atoms with E-state index in [0.29, 0.717) is 6.04 Å². The van der Waals surface area contributed by atoms with Crippen molar-refractivity contribution in [1.29, 1.82) is 0 Å². The standard InChI is InChI=1S/C16H28N2/c1-7-17-15(11(2)3)8-9-18-16-10-12(4)13(5)14(16)6/h7-9,12-14,16,18H,10H2,1-6H3/b9-8-,17-7?. The van der Waals surface area contributed by atoms with E-state index in [1.54, 1.807) is 0 Å². The Bertz CT molecular complexity index is 348. The molecule has 0 aromatic carbocycles. The monoisotopic (exact) mass is 248 g/mol. The maximum atomic E-state index is 4.36. The fourth-order valence-electron chi connectivity index (χ4n) is 2.66. The summed E-state index contributed by atoms with van der Waals surface area (Å²) in [7, 11) is 0. The van der Waals surface area contributed by atoms with Crippen LogP contribution in [0.15, 0.2) is 28.5 Å². The van der Waals surface area contributed by atoms with Gasteiger partial charge in [0.05, 0.1) is 5.70 Å². The third-order valence-electron chi connectivity index (χ3n) is 4.32. The molecule has 0 aliphatic heterocycles. The highest BCUT2D eigenvalue weighted by Gasteiger charge is 2.34. The van der Waals surface area contributed by atoms with Gasteiger partial charge in [0, 0.05) is 12.3 Å². The van der Waals surface area contributed by atoms with Crippen LogP contribution in [0.5, 0.6) is 0 Å². The molecule has 0 bridgehead atoms. The fourth-order valence-corrected chi connectivity index (χ4v) is 2.66. The highest BCUT2D eigenvalue weighted by Crippen LogP contribution is 2.36. The first-order chi connectivity index (χ1) is 8.47. The molecule has 1 aliphatic rings. The normalized spacial score (nSPS) is 32.3. The van der Waals surface area contributed by atoms with Gasteiger partial charge in [-0.2, -0.15) is 0 Å². The molecule has 2 heteroatoms. The minimum atomic E-state index is 0.607. The molecule has 1 saturated carbocycles. The number of hydrogen-bond donors (Lipinski definition) is 1. The molecule has 1 fully saturated rings. The van der Waals surface area contributed by atoms with Crippen molar-refractivity contribution in [1.82, 2.24) is 5.32 Å². The van der Waals surface area contributed by atoms with Crippen LogP contribution in [0.4, 0.5) is 0 Å². The molecule has 1 aliphatic carbocycles. The van der Waals surface area contributed by atoms with E-state index in [9.17, 15) is 0 Å². The van der Waals surface area contributed by atoms with E-state index in [0.717, 1.165) is 23.5 Å². The predicted molar refractivity (Wildman–Crippen MR) is 80.7 cm³/mol. The summed E-state index contributed by atoms with van der Waals surface area (Å²) in [6.45, 7) is 13.2. The Labute approximate surface area is 112 Å². The molecule has 0 spiro atoms. The molecule has 4 unspecified atom stereocenters. The molecule has 0 heterocycles. The summed E-state index contributed by atoms with van der Waals surface area (Å²) >= 11 is 0. The average molecular weight is 248 g/mol. The zero-order valence-corrected chi connectivity index (χ0v) is 12.7. The van der Waals surface area contributed by atoms with Gasteiger partial charge < -0.3 is 5.32 Å². The molecule has 0 aromatic heterocycles. The number of hydrogen-bond acceptors (Lipinski definition) is 2. The van der Waals surface area contributed by atoms with Crippen molar-refractivity contribution < 1.29 is 0 Å². The van der Waals surface area contributed by atoms with Crippen molar-refractivity contribution in [3.8, 4) is 0 Å². The number of rotatable bonds is 4. The Hall–Kier alpha value is -1.05. The van der Waals surface area contributed by atoms with Crippen LogP contribution in [-0.2, 0) is 0 Å². The highest BCUT2D eigenvalue weighted by atomic mass is 14.9. The minimum absolute atomic E-state index is 0.607. The summed E-state index contributed by atoms with van der Waals surface area (Å²) in [6.07, 6.45) is 7.26. The van der Waals surface area contributed by atoms with Crippen LogP contribution in [0, 0.1) is 17.8 Å². The Kier molecular flexibility index (Phi) is 5.64. The molecule has 0 amide bonds. The summed E-state index contributed by atoms with van der Waals surface area (Å²) < 4.78 is 0. The van der Waals surface area contributed by atoms with Gasteiger partial charge in [-0.1, -0.05) is 26.3 Å². The van der Waals surface area contributed by atoms with Crippen molar-refractivity contribution in [3.63, 3.8) is 0 Å². The second kappa shape index (κ2) is 6.77. The topological polar surface area (TPSA) is 24.4 Å². The molecule has 1 rings (SSSR count). The SMILES string of the molecule is CC=NC(/C=C\NC1CC(C)C(C)C1C)=C(C)C. The van der Waals surface area contributed by atoms with E-state index < -0.39 is 0 Å². The lowest BCUT2D eigenvalue weighted by atomic mass is 9.93. The second-order valence-electron chi connectivity index (χ2n) is 5.81. The van der Waals surface area contributed by atoms with E-state index >= 15 is 0 Å². The van der Waals surface area contributed by atoms with E-state index in [1.807, 2.05) is 13.1 Å². The zero-order valence-electron chi connectivity index (χ0n) is 12.7. The Morgan fingerprint density at radius 3 is 2.28 bits per heavy atom. The van der Waals surface area contributed by atoms with Crippen LogP contribution >= 0.6 is 0 Å². The summed E-state index contributed by atoms with van der Waals surface area (Å²) in [4.78, 5) is 4.36. The average Bonchev–Trinajstić information content (AvgIpc) is 2.56. The molecule has 0 radical (unpaired) electrons. The van der Waals surface area contributed by atoms with Gasteiger partial charge in [-0.3, -0.25) is 4.99 Å². The van der Waals surface area contributed by atoms with Crippen molar-refractivity contribution >= 4 is 6.21 Å². The molecule has 2 nitrogen and oxygen atoms in total. The molecular formula is C16H28N2. The minimum Gasteiger partial charge on any atom is -0.388 e. The van der Waals surface area contributed by atoms with Crippen molar-refractivity contribution in [2.75, 3.05) is 0 Å². The zero-order chi connectivity index (χ0) is 13.7. The largest absolute Gasteiger partial charge is 0.388 e. The van der Waals surface area contributed by atoms with E-state index in [-0.39, 0.29) is 0 Å². The number of allylic oxidation sites excluding steroid dienone is 2. The third-order valence-corrected chi connectivity index (χ3v) is 4.32. The number of aliphatic imine (C=N–C) groups is 1. The molecule has 18 heavy (non-hydrogen) atoms. The van der Waals surface area contributed by atoms with Gasteiger partial charge in [-0.25, -0.2) is 0 Å². The third kappa shape index (κ3) is 3.72. The second-order valence-corrected chi connectivity index (χ2v) is 5.81. The van der Waals surface area contributed by atoms with E-state index in [1.165, 1.54) is 12.0 Å². The Morgan fingerprint density at radius 1 is 1.17 bits per heavy atom. The lowest BCUT2D eigenvalue weighted by Gasteiger charge is -2.18. The van der Waals surface area contributed by atoms with E-state index in [2.05, 4.69) is 57.2 Å². The summed E-state index contributed by atoms with van der Waals surface area (Å²) in [5.41, 5.74) is 2.30. The van der Waals surface area contributed by atoms with Gasteiger partial charge in [0.1, 0.15) is 0 Å². The van der Waals surface area contributed by atoms with E-state index in [4.69, 9.17) is 0 Å². The lowest BCUT2D eigenvalue weighted by molar-refractivity contribution is 0.360. The summed E-state index contributed by atoms with van der Waals surface area (Å²) in [6, 6.07) is 0.607. The van der Waals surface area contributed by atoms with Crippen LogP contribution in [0.25, 0.3) is 0 Å². The van der Waals surface area contributed by atoms with Gasteiger partial charge >= 0.3 is 0 Å². The quantitative estimate of drug-likeness (QED) is 0.586. The molecular weight excluding hydrogens is 220 g/mol. The number of nitrogens with one attached hydrogen (secondary N) is 1. The predicted octanol–water partition coefficient (Wildman–Crippen LogP) is 4.15. The molecule has 1 N–H and O–H groups in total. The first-order valence-corrected chi connectivity index (χ1v) is 7.06. The summed E-state index contributed by atoms with van der Waals surface area (Å²) in [5.74, 6) is 2.38. The van der Waals surface area contributed by atoms with Crippen molar-refractivity contribution in [2.45, 2.75) is 54.0 Å². The van der Waals surface area contributed by atoms with Gasteiger partial charge in [-0.05, 0) is 57.2 Å². The molecule has 102 valence electrons. The lowest BCUT2D eigenvalue weighted by Crippen LogP contribution is -2.28. The maximum Gasteiger partial charge on any atom is 0.0626 e.